The zero-order valence-electron chi connectivity index (χ0n) is 10.2. The van der Waals surface area contributed by atoms with Crippen LogP contribution in [0.25, 0.3) is 0 Å². The van der Waals surface area contributed by atoms with E-state index in [1.165, 1.54) is 0 Å². The van der Waals surface area contributed by atoms with Crippen molar-refractivity contribution >= 4 is 17.5 Å². The number of rotatable bonds is 3. The maximum atomic E-state index is 12.4. The molecule has 0 N–H and O–H groups in total. The van der Waals surface area contributed by atoms with Crippen molar-refractivity contribution in [2.45, 2.75) is 6.04 Å². The Morgan fingerprint density at radius 3 is 3.06 bits per heavy atom. The molecule has 1 heterocycles. The highest BCUT2D eigenvalue weighted by Crippen LogP contribution is 2.20. The van der Waals surface area contributed by atoms with Gasteiger partial charge in [-0.25, -0.2) is 0 Å². The van der Waals surface area contributed by atoms with Crippen LogP contribution in [0.3, 0.4) is 0 Å². The molecule has 1 aromatic rings. The molecule has 0 amide bonds. The lowest BCUT2D eigenvalue weighted by Gasteiger charge is -2.30. The van der Waals surface area contributed by atoms with Gasteiger partial charge in [-0.2, -0.15) is 11.8 Å². The van der Waals surface area contributed by atoms with E-state index in [1.807, 2.05) is 43.1 Å². The minimum absolute atomic E-state index is 0.000793. The van der Waals surface area contributed by atoms with Crippen LogP contribution in [0.15, 0.2) is 24.3 Å². The van der Waals surface area contributed by atoms with Gasteiger partial charge in [0.15, 0.2) is 5.78 Å². The summed E-state index contributed by atoms with van der Waals surface area (Å²) in [5.41, 5.74) is 0.740. The van der Waals surface area contributed by atoms with Crippen molar-refractivity contribution in [3.63, 3.8) is 0 Å². The van der Waals surface area contributed by atoms with Crippen molar-refractivity contribution in [1.29, 1.82) is 0 Å². The van der Waals surface area contributed by atoms with Crippen molar-refractivity contribution in [1.82, 2.24) is 4.90 Å². The summed E-state index contributed by atoms with van der Waals surface area (Å²) in [6.07, 6.45) is 0. The summed E-state index contributed by atoms with van der Waals surface area (Å²) in [5.74, 6) is 2.92. The van der Waals surface area contributed by atoms with E-state index in [2.05, 4.69) is 4.90 Å². The molecule has 1 aliphatic rings. The Hall–Kier alpha value is -1.00. The Labute approximate surface area is 106 Å². The summed E-state index contributed by atoms with van der Waals surface area (Å²) in [6, 6.07) is 7.40. The predicted molar refractivity (Wildman–Crippen MR) is 71.1 cm³/mol. The number of methoxy groups -OCH3 is 1. The number of benzene rings is 1. The Balaban J connectivity index is 2.17. The topological polar surface area (TPSA) is 29.5 Å². The molecule has 0 bridgehead atoms. The molecule has 92 valence electrons. The molecule has 1 unspecified atom stereocenters. The fourth-order valence-corrected chi connectivity index (χ4v) is 3.14. The molecular weight excluding hydrogens is 234 g/mol. The molecule has 3 nitrogen and oxygen atoms in total. The lowest BCUT2D eigenvalue weighted by atomic mass is 10.0. The first-order valence-electron chi connectivity index (χ1n) is 5.68. The fraction of sp³-hybridized carbons (Fsp3) is 0.462. The van der Waals surface area contributed by atoms with Crippen LogP contribution >= 0.6 is 11.8 Å². The smallest absolute Gasteiger partial charge is 0.180 e. The Bertz CT molecular complexity index is 408. The number of carbonyl (C=O) groups excluding carboxylic acids is 1. The van der Waals surface area contributed by atoms with Gasteiger partial charge in [0.05, 0.1) is 13.2 Å². The minimum Gasteiger partial charge on any atom is -0.497 e. The average Bonchev–Trinajstić information content (AvgIpc) is 2.38. The third-order valence-electron chi connectivity index (χ3n) is 3.05. The maximum absolute atomic E-state index is 12.4. The minimum atomic E-state index is 0.000793. The lowest BCUT2D eigenvalue weighted by molar-refractivity contribution is 0.0874. The highest BCUT2D eigenvalue weighted by atomic mass is 32.2. The van der Waals surface area contributed by atoms with Crippen LogP contribution in [0.5, 0.6) is 5.75 Å². The van der Waals surface area contributed by atoms with Gasteiger partial charge < -0.3 is 4.74 Å². The van der Waals surface area contributed by atoms with Crippen LogP contribution in [0.2, 0.25) is 0 Å². The van der Waals surface area contributed by atoms with Crippen molar-refractivity contribution < 1.29 is 9.53 Å². The first-order chi connectivity index (χ1) is 8.22. The van der Waals surface area contributed by atoms with Gasteiger partial charge in [-0.05, 0) is 19.2 Å². The van der Waals surface area contributed by atoms with Crippen LogP contribution < -0.4 is 4.74 Å². The van der Waals surface area contributed by atoms with Crippen molar-refractivity contribution in [2.75, 3.05) is 32.2 Å². The van der Waals surface area contributed by atoms with E-state index in [4.69, 9.17) is 4.74 Å². The second-order valence-electron chi connectivity index (χ2n) is 4.17. The number of carbonyl (C=O) groups is 1. The Kier molecular flexibility index (Phi) is 4.07. The number of ketones is 1. The first kappa shape index (κ1) is 12.5. The molecule has 1 aliphatic heterocycles. The van der Waals surface area contributed by atoms with Crippen molar-refractivity contribution in [3.8, 4) is 5.75 Å². The highest BCUT2D eigenvalue weighted by molar-refractivity contribution is 7.99. The van der Waals surface area contributed by atoms with E-state index in [-0.39, 0.29) is 11.8 Å². The van der Waals surface area contributed by atoms with Crippen LogP contribution in [0.4, 0.5) is 0 Å². The molecule has 0 saturated carbocycles. The third-order valence-corrected chi connectivity index (χ3v) is 4.08. The second kappa shape index (κ2) is 5.56. The zero-order valence-corrected chi connectivity index (χ0v) is 11.0. The predicted octanol–water partition coefficient (Wildman–Crippen LogP) is 1.93. The number of nitrogens with zero attached hydrogens (tertiary/aromatic N) is 1. The van der Waals surface area contributed by atoms with E-state index in [0.717, 1.165) is 29.4 Å². The standard InChI is InChI=1S/C13H17NO2S/c1-14-6-7-17-9-12(14)13(15)10-4-3-5-11(8-10)16-2/h3-5,8,12H,6-7,9H2,1-2H3. The van der Waals surface area contributed by atoms with Crippen LogP contribution in [-0.2, 0) is 0 Å². The number of ether oxygens (including phenoxy) is 1. The summed E-state index contributed by atoms with van der Waals surface area (Å²) in [4.78, 5) is 14.5. The third kappa shape index (κ3) is 2.82. The summed E-state index contributed by atoms with van der Waals surface area (Å²) in [6.45, 7) is 0.977. The van der Waals surface area contributed by atoms with E-state index >= 15 is 0 Å². The summed E-state index contributed by atoms with van der Waals surface area (Å²) in [7, 11) is 3.63. The molecule has 1 aromatic carbocycles. The molecule has 1 fully saturated rings. The van der Waals surface area contributed by atoms with Gasteiger partial charge in [0.1, 0.15) is 5.75 Å². The van der Waals surface area contributed by atoms with Gasteiger partial charge in [0, 0.05) is 23.6 Å². The van der Waals surface area contributed by atoms with Crippen LogP contribution in [0, 0.1) is 0 Å². The normalized spacial score (nSPS) is 21.2. The van der Waals surface area contributed by atoms with Gasteiger partial charge in [-0.1, -0.05) is 12.1 Å². The quantitative estimate of drug-likeness (QED) is 0.768. The summed E-state index contributed by atoms with van der Waals surface area (Å²) < 4.78 is 5.15. The second-order valence-corrected chi connectivity index (χ2v) is 5.32. The summed E-state index contributed by atoms with van der Waals surface area (Å²) in [5, 5.41) is 0. The molecule has 1 saturated heterocycles. The Morgan fingerprint density at radius 1 is 1.53 bits per heavy atom. The van der Waals surface area contributed by atoms with Gasteiger partial charge in [0.2, 0.25) is 0 Å². The van der Waals surface area contributed by atoms with Crippen LogP contribution in [-0.4, -0.2) is 48.9 Å². The molecule has 17 heavy (non-hydrogen) atoms. The molecule has 0 aromatic heterocycles. The fourth-order valence-electron chi connectivity index (χ4n) is 1.93. The molecule has 1 atom stereocenters. The number of hydrogen-bond acceptors (Lipinski definition) is 4. The number of hydrogen-bond donors (Lipinski definition) is 0. The molecule has 4 heteroatoms. The van der Waals surface area contributed by atoms with Crippen LogP contribution in [0.1, 0.15) is 10.4 Å². The SMILES string of the molecule is COc1cccc(C(=O)C2CSCCN2C)c1. The van der Waals surface area contributed by atoms with Gasteiger partial charge in [-0.15, -0.1) is 0 Å². The van der Waals surface area contributed by atoms with Gasteiger partial charge >= 0.3 is 0 Å². The largest absolute Gasteiger partial charge is 0.497 e. The van der Waals surface area contributed by atoms with E-state index in [9.17, 15) is 4.79 Å². The lowest BCUT2D eigenvalue weighted by Crippen LogP contribution is -2.44. The maximum Gasteiger partial charge on any atom is 0.180 e. The monoisotopic (exact) mass is 251 g/mol. The summed E-state index contributed by atoms with van der Waals surface area (Å²) >= 11 is 1.85. The van der Waals surface area contributed by atoms with E-state index < -0.39 is 0 Å². The van der Waals surface area contributed by atoms with Crippen molar-refractivity contribution in [2.24, 2.45) is 0 Å². The average molecular weight is 251 g/mol. The molecule has 0 aliphatic carbocycles. The number of likely N-dealkylation sites (N-methyl/N-ethyl adjacent to an activating group) is 1. The molecule has 0 spiro atoms. The van der Waals surface area contributed by atoms with Crippen molar-refractivity contribution in [3.05, 3.63) is 29.8 Å². The molecule has 0 radical (unpaired) electrons. The van der Waals surface area contributed by atoms with Gasteiger partial charge in [0.25, 0.3) is 0 Å². The van der Waals surface area contributed by atoms with Gasteiger partial charge in [-0.3, -0.25) is 9.69 Å². The molecular formula is C13H17NO2S. The highest BCUT2D eigenvalue weighted by Gasteiger charge is 2.27. The zero-order chi connectivity index (χ0) is 12.3. The number of Topliss-reactive ketones (excluding diaryl/α,β-unsaturated/α-hetero) is 1. The molecule has 2 rings (SSSR count). The first-order valence-corrected chi connectivity index (χ1v) is 6.84. The van der Waals surface area contributed by atoms with E-state index in [0.29, 0.717) is 0 Å². The Morgan fingerprint density at radius 2 is 2.35 bits per heavy atom. The number of thioether (sulfide) groups is 1. The van der Waals surface area contributed by atoms with E-state index in [1.54, 1.807) is 7.11 Å².